The molecule has 2 atom stereocenters. The second-order valence-corrected chi connectivity index (χ2v) is 12.6. The molecule has 208 valence electrons. The number of ether oxygens (including phenoxy) is 1. The van der Waals surface area contributed by atoms with E-state index in [2.05, 4.69) is 57.9 Å². The van der Waals surface area contributed by atoms with Crippen LogP contribution in [0.5, 0.6) is 5.75 Å². The summed E-state index contributed by atoms with van der Waals surface area (Å²) in [5.41, 5.74) is 3.06. The molecule has 0 radical (unpaired) electrons. The van der Waals surface area contributed by atoms with Gasteiger partial charge in [0.2, 0.25) is 5.91 Å². The van der Waals surface area contributed by atoms with Crippen LogP contribution in [0.1, 0.15) is 57.7 Å². The number of nitrogens with zero attached hydrogens (tertiary/aromatic N) is 1. The van der Waals surface area contributed by atoms with E-state index in [1.807, 2.05) is 86.6 Å². The molecule has 0 saturated heterocycles. The highest BCUT2D eigenvalue weighted by Gasteiger charge is 2.31. The van der Waals surface area contributed by atoms with Gasteiger partial charge in [-0.3, -0.25) is 9.59 Å². The summed E-state index contributed by atoms with van der Waals surface area (Å²) in [6.45, 7) is 10.5. The molecule has 0 aliphatic rings. The van der Waals surface area contributed by atoms with Crippen LogP contribution in [0.2, 0.25) is 0 Å². The van der Waals surface area contributed by atoms with Gasteiger partial charge in [0.1, 0.15) is 11.8 Å². The molecule has 0 aliphatic heterocycles. The third-order valence-electron chi connectivity index (χ3n) is 6.69. The Kier molecular flexibility index (Phi) is 11.2. The van der Waals surface area contributed by atoms with Gasteiger partial charge in [-0.05, 0) is 75.6 Å². The molecule has 3 rings (SSSR count). The van der Waals surface area contributed by atoms with Crippen molar-refractivity contribution in [2.45, 2.75) is 71.5 Å². The molecule has 1 N–H and O–H groups in total. The lowest BCUT2D eigenvalue weighted by molar-refractivity contribution is -0.143. The van der Waals surface area contributed by atoms with Gasteiger partial charge in [-0.2, -0.15) is 0 Å². The Morgan fingerprint density at radius 1 is 0.949 bits per heavy atom. The fourth-order valence-electron chi connectivity index (χ4n) is 4.09. The number of hydrogen-bond acceptors (Lipinski definition) is 3. The van der Waals surface area contributed by atoms with Gasteiger partial charge in [0, 0.05) is 23.5 Å². The molecule has 7 heteroatoms. The maximum Gasteiger partial charge on any atom is 0.261 e. The van der Waals surface area contributed by atoms with Crippen molar-refractivity contribution in [3.8, 4) is 5.75 Å². The van der Waals surface area contributed by atoms with Gasteiger partial charge in [-0.15, -0.1) is 0 Å². The first-order valence-corrected chi connectivity index (χ1v) is 14.9. The van der Waals surface area contributed by atoms with Crippen molar-refractivity contribution >= 4 is 43.7 Å². The maximum atomic E-state index is 13.8. The smallest absolute Gasteiger partial charge is 0.261 e. The molecule has 3 aromatic rings. The van der Waals surface area contributed by atoms with E-state index in [0.717, 1.165) is 32.1 Å². The fourth-order valence-corrected chi connectivity index (χ4v) is 4.85. The number of benzene rings is 3. The van der Waals surface area contributed by atoms with Crippen LogP contribution in [0.3, 0.4) is 0 Å². The Balaban J connectivity index is 1.91. The zero-order chi connectivity index (χ0) is 28.6. The minimum absolute atomic E-state index is 0.00561. The minimum atomic E-state index is -0.701. The molecule has 0 saturated carbocycles. The summed E-state index contributed by atoms with van der Waals surface area (Å²) >= 11 is 7.08. The van der Waals surface area contributed by atoms with Crippen molar-refractivity contribution in [3.05, 3.63) is 98.4 Å². The van der Waals surface area contributed by atoms with Crippen molar-refractivity contribution in [1.29, 1.82) is 0 Å². The van der Waals surface area contributed by atoms with E-state index in [4.69, 9.17) is 4.74 Å². The van der Waals surface area contributed by atoms with Crippen molar-refractivity contribution in [3.63, 3.8) is 0 Å². The number of halogens is 2. The topological polar surface area (TPSA) is 58.6 Å². The van der Waals surface area contributed by atoms with Crippen LogP contribution in [0.25, 0.3) is 0 Å². The fraction of sp³-hybridized carbons (Fsp3) is 0.375. The number of nitrogens with one attached hydrogen (secondary N) is 1. The molecule has 0 bridgehead atoms. The van der Waals surface area contributed by atoms with Crippen LogP contribution in [-0.4, -0.2) is 35.4 Å². The summed E-state index contributed by atoms with van der Waals surface area (Å²) < 4.78 is 7.75. The van der Waals surface area contributed by atoms with Crippen LogP contribution in [0, 0.1) is 0 Å². The average Bonchev–Trinajstić information content (AvgIpc) is 2.90. The molecule has 0 aromatic heterocycles. The molecule has 3 aromatic carbocycles. The monoisotopic (exact) mass is 656 g/mol. The molecule has 5 nitrogen and oxygen atoms in total. The number of amides is 2. The Hall–Kier alpha value is -2.64. The molecule has 0 unspecified atom stereocenters. The summed E-state index contributed by atoms with van der Waals surface area (Å²) in [4.78, 5) is 29.1. The molecular formula is C32H38Br2N2O3. The van der Waals surface area contributed by atoms with Crippen molar-refractivity contribution in [2.75, 3.05) is 6.61 Å². The first-order chi connectivity index (χ1) is 18.5. The van der Waals surface area contributed by atoms with Crippen molar-refractivity contribution in [2.24, 2.45) is 0 Å². The molecule has 0 fully saturated rings. The summed E-state index contributed by atoms with van der Waals surface area (Å²) in [6, 6.07) is 22.8. The van der Waals surface area contributed by atoms with Gasteiger partial charge < -0.3 is 15.0 Å². The highest BCUT2D eigenvalue weighted by Crippen LogP contribution is 2.31. The van der Waals surface area contributed by atoms with E-state index < -0.39 is 6.04 Å². The molecule has 0 aliphatic carbocycles. The predicted molar refractivity (Wildman–Crippen MR) is 165 cm³/mol. The van der Waals surface area contributed by atoms with Crippen LogP contribution in [0.4, 0.5) is 0 Å². The molecule has 0 heterocycles. The SMILES string of the molecule is CC[C@H](C)NC(=O)[C@@H](Cc1ccccc1)N(Cc1ccc(Br)cc1)C(=O)COc1ccc(C(C)(C)C)cc1Br. The van der Waals surface area contributed by atoms with Crippen LogP contribution < -0.4 is 10.1 Å². The van der Waals surface area contributed by atoms with Gasteiger partial charge in [0.25, 0.3) is 5.91 Å². The predicted octanol–water partition coefficient (Wildman–Crippen LogP) is 7.44. The molecular weight excluding hydrogens is 620 g/mol. The molecule has 0 spiro atoms. The lowest BCUT2D eigenvalue weighted by Gasteiger charge is -2.32. The molecule has 2 amide bonds. The van der Waals surface area contributed by atoms with Gasteiger partial charge in [0.15, 0.2) is 6.61 Å². The third kappa shape index (κ3) is 9.21. The van der Waals surface area contributed by atoms with Crippen LogP contribution in [0.15, 0.2) is 81.7 Å². The lowest BCUT2D eigenvalue weighted by atomic mass is 9.87. The van der Waals surface area contributed by atoms with E-state index in [9.17, 15) is 9.59 Å². The summed E-state index contributed by atoms with van der Waals surface area (Å²) in [7, 11) is 0. The summed E-state index contributed by atoms with van der Waals surface area (Å²) in [6.07, 6.45) is 1.20. The van der Waals surface area contributed by atoms with Gasteiger partial charge in [-0.1, -0.05) is 92.2 Å². The highest BCUT2D eigenvalue weighted by atomic mass is 79.9. The van der Waals surface area contributed by atoms with Gasteiger partial charge in [-0.25, -0.2) is 0 Å². The highest BCUT2D eigenvalue weighted by molar-refractivity contribution is 9.10. The van der Waals surface area contributed by atoms with E-state index in [0.29, 0.717) is 12.2 Å². The first-order valence-electron chi connectivity index (χ1n) is 13.3. The normalized spacial score (nSPS) is 12.9. The largest absolute Gasteiger partial charge is 0.483 e. The zero-order valence-electron chi connectivity index (χ0n) is 23.3. The quantitative estimate of drug-likeness (QED) is 0.233. The maximum absolute atomic E-state index is 13.8. The second kappa shape index (κ2) is 14.1. The standard InChI is InChI=1S/C32H38Br2N2O3/c1-6-22(2)35-31(38)28(18-23-10-8-7-9-11-23)36(20-24-12-15-26(33)16-13-24)30(37)21-39-29-17-14-25(19-27(29)34)32(3,4)5/h7-17,19,22,28H,6,18,20-21H2,1-5H3,(H,35,38)/t22-,28+/m0/s1. The number of carbonyl (C=O) groups is 2. The number of rotatable bonds is 11. The Morgan fingerprint density at radius 2 is 1.62 bits per heavy atom. The van der Waals surface area contributed by atoms with E-state index >= 15 is 0 Å². The number of carbonyl (C=O) groups excluding carboxylic acids is 2. The minimum Gasteiger partial charge on any atom is -0.483 e. The Bertz CT molecular complexity index is 1240. The summed E-state index contributed by atoms with van der Waals surface area (Å²) in [5.74, 6) is 0.155. The van der Waals surface area contributed by atoms with E-state index in [-0.39, 0.29) is 36.4 Å². The van der Waals surface area contributed by atoms with E-state index in [1.165, 1.54) is 0 Å². The van der Waals surface area contributed by atoms with Gasteiger partial charge in [0.05, 0.1) is 4.47 Å². The van der Waals surface area contributed by atoms with Crippen LogP contribution >= 0.6 is 31.9 Å². The van der Waals surface area contributed by atoms with E-state index in [1.54, 1.807) is 4.90 Å². The van der Waals surface area contributed by atoms with Crippen molar-refractivity contribution in [1.82, 2.24) is 10.2 Å². The van der Waals surface area contributed by atoms with Crippen LogP contribution in [-0.2, 0) is 28.0 Å². The second-order valence-electron chi connectivity index (χ2n) is 10.9. The molecule has 39 heavy (non-hydrogen) atoms. The average molecular weight is 658 g/mol. The summed E-state index contributed by atoms with van der Waals surface area (Å²) in [5, 5.41) is 3.09. The Labute approximate surface area is 249 Å². The van der Waals surface area contributed by atoms with Gasteiger partial charge >= 0.3 is 0 Å². The third-order valence-corrected chi connectivity index (χ3v) is 7.84. The first kappa shape index (κ1) is 30.9. The zero-order valence-corrected chi connectivity index (χ0v) is 26.5. The number of hydrogen-bond donors (Lipinski definition) is 1. The lowest BCUT2D eigenvalue weighted by Crippen LogP contribution is -2.53. The Morgan fingerprint density at radius 3 is 2.21 bits per heavy atom. The van der Waals surface area contributed by atoms with Crippen molar-refractivity contribution < 1.29 is 14.3 Å².